The van der Waals surface area contributed by atoms with Gasteiger partial charge in [-0.05, 0) is 36.8 Å². The Kier molecular flexibility index (Phi) is 6.41. The fourth-order valence-electron chi connectivity index (χ4n) is 1.87. The zero-order chi connectivity index (χ0) is 16.9. The summed E-state index contributed by atoms with van der Waals surface area (Å²) in [5, 5.41) is 13.1. The Hall–Kier alpha value is -1.56. The van der Waals surface area contributed by atoms with Crippen LogP contribution >= 0.6 is 23.2 Å². The Bertz CT molecular complexity index is 572. The van der Waals surface area contributed by atoms with E-state index < -0.39 is 11.4 Å². The molecule has 22 heavy (non-hydrogen) atoms. The second-order valence-electron chi connectivity index (χ2n) is 5.09. The van der Waals surface area contributed by atoms with Crippen LogP contribution in [0.4, 0.5) is 0 Å². The van der Waals surface area contributed by atoms with E-state index in [0.29, 0.717) is 15.6 Å². The summed E-state index contributed by atoms with van der Waals surface area (Å²) in [6, 6.07) is 4.79. The first-order chi connectivity index (χ1) is 10.2. The molecule has 1 aromatic carbocycles. The number of halogens is 2. The minimum atomic E-state index is -1.07. The molecular formula is C15H18Cl2N2O3. The number of hydrogen-bond acceptors (Lipinski definition) is 3. The van der Waals surface area contributed by atoms with Crippen LogP contribution in [-0.2, 0) is 15.1 Å². The molecule has 0 aliphatic rings. The van der Waals surface area contributed by atoms with E-state index in [4.69, 9.17) is 23.2 Å². The lowest BCUT2D eigenvalue weighted by Gasteiger charge is -2.30. The Morgan fingerprint density at radius 1 is 1.36 bits per heavy atom. The first kappa shape index (κ1) is 18.5. The van der Waals surface area contributed by atoms with Gasteiger partial charge in [-0.25, -0.2) is 0 Å². The van der Waals surface area contributed by atoms with Crippen molar-refractivity contribution in [2.24, 2.45) is 0 Å². The molecule has 2 amide bonds. The normalized spacial score (nSPS) is 13.1. The molecule has 0 saturated carbocycles. The zero-order valence-corrected chi connectivity index (χ0v) is 13.9. The fraction of sp³-hybridized carbons (Fsp3) is 0.333. The largest absolute Gasteiger partial charge is 0.394 e. The van der Waals surface area contributed by atoms with Gasteiger partial charge in [-0.2, -0.15) is 0 Å². The van der Waals surface area contributed by atoms with E-state index in [1.807, 2.05) is 0 Å². The summed E-state index contributed by atoms with van der Waals surface area (Å²) in [5.41, 5.74) is -0.498. The fourth-order valence-corrected chi connectivity index (χ4v) is 2.40. The van der Waals surface area contributed by atoms with Crippen molar-refractivity contribution >= 4 is 35.0 Å². The maximum Gasteiger partial charge on any atom is 0.246 e. The van der Waals surface area contributed by atoms with Crippen molar-refractivity contribution in [2.75, 3.05) is 20.2 Å². The molecule has 0 fully saturated rings. The standard InChI is InChI=1S/C15H18Cl2N2O3/c1-4-14(22)19(3)8-13(21)18-15(2,9-20)10-5-11(16)7-12(17)6-10/h4-7,20H,1,8-9H2,2-3H3,(H,18,21). The van der Waals surface area contributed by atoms with Crippen LogP contribution in [0.25, 0.3) is 0 Å². The Balaban J connectivity index is 2.92. The lowest BCUT2D eigenvalue weighted by atomic mass is 9.92. The maximum atomic E-state index is 12.1. The predicted molar refractivity (Wildman–Crippen MR) is 86.9 cm³/mol. The van der Waals surface area contributed by atoms with Crippen LogP contribution in [0, 0.1) is 0 Å². The van der Waals surface area contributed by atoms with Gasteiger partial charge in [0.05, 0.1) is 18.7 Å². The van der Waals surface area contributed by atoms with E-state index in [1.165, 1.54) is 11.9 Å². The first-order valence-electron chi connectivity index (χ1n) is 6.48. The van der Waals surface area contributed by atoms with E-state index in [0.717, 1.165) is 6.08 Å². The van der Waals surface area contributed by atoms with Crippen LogP contribution in [0.15, 0.2) is 30.9 Å². The molecule has 120 valence electrons. The topological polar surface area (TPSA) is 69.6 Å². The Morgan fingerprint density at radius 2 is 1.91 bits per heavy atom. The van der Waals surface area contributed by atoms with Crippen molar-refractivity contribution in [3.8, 4) is 0 Å². The Labute approximate surface area is 139 Å². The number of likely N-dealkylation sites (N-methyl/N-ethyl adjacent to an activating group) is 1. The van der Waals surface area contributed by atoms with E-state index in [-0.39, 0.29) is 19.1 Å². The van der Waals surface area contributed by atoms with Crippen LogP contribution in [0.1, 0.15) is 12.5 Å². The SMILES string of the molecule is C=CC(=O)N(C)CC(=O)NC(C)(CO)c1cc(Cl)cc(Cl)c1. The second kappa shape index (κ2) is 7.63. The first-order valence-corrected chi connectivity index (χ1v) is 7.23. The number of aliphatic hydroxyl groups excluding tert-OH is 1. The van der Waals surface area contributed by atoms with Crippen LogP contribution in [0.5, 0.6) is 0 Å². The number of carbonyl (C=O) groups excluding carboxylic acids is 2. The molecule has 0 aromatic heterocycles. The number of aliphatic hydroxyl groups is 1. The van der Waals surface area contributed by atoms with Crippen LogP contribution in [0.2, 0.25) is 10.0 Å². The predicted octanol–water partition coefficient (Wildman–Crippen LogP) is 1.96. The van der Waals surface area contributed by atoms with Crippen molar-refractivity contribution in [3.63, 3.8) is 0 Å². The van der Waals surface area contributed by atoms with Gasteiger partial charge in [-0.3, -0.25) is 9.59 Å². The molecule has 0 saturated heterocycles. The minimum Gasteiger partial charge on any atom is -0.394 e. The third-order valence-corrected chi connectivity index (χ3v) is 3.60. The quantitative estimate of drug-likeness (QED) is 0.775. The van der Waals surface area contributed by atoms with E-state index in [9.17, 15) is 14.7 Å². The van der Waals surface area contributed by atoms with Crippen LogP contribution in [-0.4, -0.2) is 42.0 Å². The van der Waals surface area contributed by atoms with Gasteiger partial charge in [0.25, 0.3) is 0 Å². The maximum absolute atomic E-state index is 12.1. The number of hydrogen-bond donors (Lipinski definition) is 2. The highest BCUT2D eigenvalue weighted by Gasteiger charge is 2.29. The summed E-state index contributed by atoms with van der Waals surface area (Å²) < 4.78 is 0. The van der Waals surface area contributed by atoms with Crippen molar-refractivity contribution in [1.29, 1.82) is 0 Å². The molecule has 1 atom stereocenters. The lowest BCUT2D eigenvalue weighted by molar-refractivity contribution is -0.132. The molecule has 0 bridgehead atoms. The van der Waals surface area contributed by atoms with Crippen LogP contribution < -0.4 is 5.32 Å². The van der Waals surface area contributed by atoms with E-state index >= 15 is 0 Å². The minimum absolute atomic E-state index is 0.158. The van der Waals surface area contributed by atoms with Crippen molar-refractivity contribution in [2.45, 2.75) is 12.5 Å². The Morgan fingerprint density at radius 3 is 2.36 bits per heavy atom. The van der Waals surface area contributed by atoms with Gasteiger partial charge in [0.1, 0.15) is 0 Å². The number of nitrogens with zero attached hydrogens (tertiary/aromatic N) is 1. The summed E-state index contributed by atoms with van der Waals surface area (Å²) in [7, 11) is 1.48. The number of rotatable bonds is 6. The number of benzene rings is 1. The molecule has 0 radical (unpaired) electrons. The van der Waals surface area contributed by atoms with Gasteiger partial charge in [0.15, 0.2) is 0 Å². The second-order valence-corrected chi connectivity index (χ2v) is 5.97. The van der Waals surface area contributed by atoms with Crippen molar-refractivity contribution < 1.29 is 14.7 Å². The van der Waals surface area contributed by atoms with Crippen molar-refractivity contribution in [3.05, 3.63) is 46.5 Å². The molecule has 0 heterocycles. The monoisotopic (exact) mass is 344 g/mol. The third-order valence-electron chi connectivity index (χ3n) is 3.16. The van der Waals surface area contributed by atoms with Crippen molar-refractivity contribution in [1.82, 2.24) is 10.2 Å². The molecular weight excluding hydrogens is 327 g/mol. The lowest BCUT2D eigenvalue weighted by Crippen LogP contribution is -2.49. The molecule has 7 heteroatoms. The molecule has 1 unspecified atom stereocenters. The average Bonchev–Trinajstić information content (AvgIpc) is 2.44. The zero-order valence-electron chi connectivity index (χ0n) is 12.4. The molecule has 5 nitrogen and oxygen atoms in total. The summed E-state index contributed by atoms with van der Waals surface area (Å²) in [6.07, 6.45) is 1.12. The molecule has 0 aliphatic carbocycles. The highest BCUT2D eigenvalue weighted by Crippen LogP contribution is 2.27. The van der Waals surface area contributed by atoms with Gasteiger partial charge < -0.3 is 15.3 Å². The molecule has 0 aliphatic heterocycles. The molecule has 1 rings (SSSR count). The smallest absolute Gasteiger partial charge is 0.246 e. The van der Waals surface area contributed by atoms with E-state index in [2.05, 4.69) is 11.9 Å². The van der Waals surface area contributed by atoms with E-state index in [1.54, 1.807) is 25.1 Å². The summed E-state index contributed by atoms with van der Waals surface area (Å²) >= 11 is 11.9. The summed E-state index contributed by atoms with van der Waals surface area (Å²) in [6.45, 7) is 4.48. The van der Waals surface area contributed by atoms with Crippen LogP contribution in [0.3, 0.4) is 0 Å². The summed E-state index contributed by atoms with van der Waals surface area (Å²) in [5.74, 6) is -0.794. The van der Waals surface area contributed by atoms with Gasteiger partial charge in [0.2, 0.25) is 11.8 Å². The van der Waals surface area contributed by atoms with Gasteiger partial charge in [0, 0.05) is 17.1 Å². The third kappa shape index (κ3) is 4.73. The summed E-state index contributed by atoms with van der Waals surface area (Å²) in [4.78, 5) is 24.7. The number of carbonyl (C=O) groups is 2. The highest BCUT2D eigenvalue weighted by atomic mass is 35.5. The molecule has 0 spiro atoms. The molecule has 1 aromatic rings. The van der Waals surface area contributed by atoms with Gasteiger partial charge in [-0.15, -0.1) is 0 Å². The number of amides is 2. The molecule has 2 N–H and O–H groups in total. The van der Waals surface area contributed by atoms with Gasteiger partial charge >= 0.3 is 0 Å². The number of nitrogens with one attached hydrogen (secondary N) is 1. The van der Waals surface area contributed by atoms with Gasteiger partial charge in [-0.1, -0.05) is 29.8 Å². The average molecular weight is 345 g/mol. The highest BCUT2D eigenvalue weighted by molar-refractivity contribution is 6.34.